The summed E-state index contributed by atoms with van der Waals surface area (Å²) in [5.41, 5.74) is 0. The van der Waals surface area contributed by atoms with Crippen LogP contribution in [0.3, 0.4) is 0 Å². The molecule has 0 amide bonds. The lowest BCUT2D eigenvalue weighted by molar-refractivity contribution is -0.301. The lowest BCUT2D eigenvalue weighted by Crippen LogP contribution is -2.53. The fourth-order valence-corrected chi connectivity index (χ4v) is 3.00. The Morgan fingerprint density at radius 2 is 1.45 bits per heavy atom. The summed E-state index contributed by atoms with van der Waals surface area (Å²) in [6.45, 7) is 0.682. The normalized spacial score (nSPS) is 47.2. The van der Waals surface area contributed by atoms with Crippen LogP contribution in [0.5, 0.6) is 0 Å². The van der Waals surface area contributed by atoms with E-state index in [4.69, 9.17) is 44.8 Å². The largest absolute Gasteiger partial charge is 0.379 e. The molecule has 3 fully saturated rings. The van der Waals surface area contributed by atoms with Gasteiger partial charge in [0.05, 0.1) is 19.1 Å². The number of alkyl halides is 1. The average Bonchev–Trinajstić information content (AvgIpc) is 2.96. The topological polar surface area (TPSA) is 64.6 Å². The summed E-state index contributed by atoms with van der Waals surface area (Å²) < 4.78 is 38.8. The minimum Gasteiger partial charge on any atom is -0.379 e. The number of rotatable bonds is 5. The second-order valence-corrected chi connectivity index (χ2v) is 5.21. The molecule has 0 bridgehead atoms. The van der Waals surface area contributed by atoms with Crippen molar-refractivity contribution in [1.82, 2.24) is 0 Å². The highest BCUT2D eigenvalue weighted by atomic mass is 35.5. The van der Waals surface area contributed by atoms with E-state index in [0.29, 0.717) is 19.1 Å². The van der Waals surface area contributed by atoms with Crippen molar-refractivity contribution in [3.05, 3.63) is 0 Å². The first-order chi connectivity index (χ1) is 9.76. The summed E-state index contributed by atoms with van der Waals surface area (Å²) in [5, 5.41) is 0. The summed E-state index contributed by atoms with van der Waals surface area (Å²) in [4.78, 5) is 0. The molecule has 3 aliphatic heterocycles. The predicted molar refractivity (Wildman–Crippen MR) is 66.4 cm³/mol. The van der Waals surface area contributed by atoms with Crippen molar-refractivity contribution in [3.8, 4) is 0 Å². The van der Waals surface area contributed by atoms with Gasteiger partial charge in [0.15, 0.2) is 18.9 Å². The zero-order valence-corrected chi connectivity index (χ0v) is 12.2. The van der Waals surface area contributed by atoms with E-state index in [1.165, 1.54) is 0 Å². The molecule has 116 valence electrons. The molecule has 0 spiro atoms. The molecule has 0 aromatic heterocycles. The van der Waals surface area contributed by atoms with E-state index in [2.05, 4.69) is 0 Å². The highest BCUT2D eigenvalue weighted by Crippen LogP contribution is 2.39. The molecule has 20 heavy (non-hydrogen) atoms. The molecule has 0 radical (unpaired) electrons. The van der Waals surface area contributed by atoms with E-state index in [9.17, 15) is 0 Å². The molecule has 0 aromatic carbocycles. The van der Waals surface area contributed by atoms with E-state index in [1.54, 1.807) is 14.2 Å². The lowest BCUT2D eigenvalue weighted by atomic mass is 10.1. The standard InChI is InChI=1S/C12H19ClO7/c1-14-4-7-16-6(3-13)9-10(17-7)11-12(20-9)19-8(18-11)5-15-2/h6-12H,3-5H2,1-2H3. The number of ether oxygens (including phenoxy) is 7. The monoisotopic (exact) mass is 310 g/mol. The molecular formula is C12H19ClO7. The zero-order chi connectivity index (χ0) is 14.1. The van der Waals surface area contributed by atoms with Crippen molar-refractivity contribution in [3.63, 3.8) is 0 Å². The van der Waals surface area contributed by atoms with Crippen LogP contribution in [0.1, 0.15) is 0 Å². The van der Waals surface area contributed by atoms with Gasteiger partial charge in [-0.3, -0.25) is 0 Å². The summed E-state index contributed by atoms with van der Waals surface area (Å²) in [5.74, 6) is 0.311. The van der Waals surface area contributed by atoms with Crippen LogP contribution in [0.4, 0.5) is 0 Å². The highest BCUT2D eigenvalue weighted by molar-refractivity contribution is 6.18. The Balaban J connectivity index is 1.68. The molecule has 0 aliphatic carbocycles. The van der Waals surface area contributed by atoms with Crippen LogP contribution in [0.25, 0.3) is 0 Å². The van der Waals surface area contributed by atoms with E-state index >= 15 is 0 Å². The summed E-state index contributed by atoms with van der Waals surface area (Å²) >= 11 is 5.94. The van der Waals surface area contributed by atoms with Crippen molar-refractivity contribution in [2.45, 2.75) is 43.3 Å². The quantitative estimate of drug-likeness (QED) is 0.667. The second kappa shape index (κ2) is 6.41. The first-order valence-corrected chi connectivity index (χ1v) is 7.11. The van der Waals surface area contributed by atoms with E-state index in [0.717, 1.165) is 0 Å². The maximum Gasteiger partial charge on any atom is 0.190 e. The minimum atomic E-state index is -0.475. The highest BCUT2D eigenvalue weighted by Gasteiger charge is 2.58. The van der Waals surface area contributed by atoms with Gasteiger partial charge in [0.2, 0.25) is 0 Å². The SMILES string of the molecule is COCC1OC2OC3C(CCl)OC(COC)OC3C2O1. The van der Waals surface area contributed by atoms with Crippen molar-refractivity contribution >= 4 is 11.6 Å². The fraction of sp³-hybridized carbons (Fsp3) is 1.00. The van der Waals surface area contributed by atoms with Gasteiger partial charge in [0.1, 0.15) is 24.4 Å². The molecule has 3 heterocycles. The van der Waals surface area contributed by atoms with Crippen molar-refractivity contribution in [1.29, 1.82) is 0 Å². The molecule has 0 aromatic rings. The van der Waals surface area contributed by atoms with Crippen LogP contribution >= 0.6 is 11.6 Å². The molecule has 0 N–H and O–H groups in total. The van der Waals surface area contributed by atoms with Crippen LogP contribution in [-0.2, 0) is 33.2 Å². The van der Waals surface area contributed by atoms with Crippen LogP contribution in [-0.4, -0.2) is 76.6 Å². The smallest absolute Gasteiger partial charge is 0.190 e. The van der Waals surface area contributed by atoms with Crippen LogP contribution in [0.15, 0.2) is 0 Å². The molecule has 8 heteroatoms. The van der Waals surface area contributed by atoms with Gasteiger partial charge < -0.3 is 33.2 Å². The van der Waals surface area contributed by atoms with Crippen molar-refractivity contribution < 1.29 is 33.2 Å². The van der Waals surface area contributed by atoms with Gasteiger partial charge in [-0.1, -0.05) is 0 Å². The van der Waals surface area contributed by atoms with Gasteiger partial charge in [-0.15, -0.1) is 11.6 Å². The Morgan fingerprint density at radius 1 is 0.800 bits per heavy atom. The third-order valence-electron chi connectivity index (χ3n) is 3.56. The molecule has 7 atom stereocenters. The zero-order valence-electron chi connectivity index (χ0n) is 11.4. The third-order valence-corrected chi connectivity index (χ3v) is 3.87. The van der Waals surface area contributed by atoms with E-state index in [1.807, 2.05) is 0 Å². The summed E-state index contributed by atoms with van der Waals surface area (Å²) in [7, 11) is 3.18. The number of hydrogen-bond acceptors (Lipinski definition) is 7. The number of fused-ring (bicyclic) bond motifs is 3. The van der Waals surface area contributed by atoms with E-state index in [-0.39, 0.29) is 24.4 Å². The number of halogens is 1. The van der Waals surface area contributed by atoms with Crippen molar-refractivity contribution in [2.24, 2.45) is 0 Å². The molecule has 7 nitrogen and oxygen atoms in total. The number of methoxy groups -OCH3 is 2. The van der Waals surface area contributed by atoms with Gasteiger partial charge in [0, 0.05) is 14.2 Å². The second-order valence-electron chi connectivity index (χ2n) is 4.91. The summed E-state index contributed by atoms with van der Waals surface area (Å²) in [6, 6.07) is 0. The molecule has 7 unspecified atom stereocenters. The van der Waals surface area contributed by atoms with E-state index < -0.39 is 18.9 Å². The third kappa shape index (κ3) is 2.69. The first kappa shape index (κ1) is 14.9. The Kier molecular flexibility index (Phi) is 4.79. The Morgan fingerprint density at radius 3 is 2.10 bits per heavy atom. The Bertz CT molecular complexity index is 331. The maximum atomic E-state index is 5.94. The number of hydrogen-bond donors (Lipinski definition) is 0. The van der Waals surface area contributed by atoms with Crippen LogP contribution < -0.4 is 0 Å². The van der Waals surface area contributed by atoms with Gasteiger partial charge in [0.25, 0.3) is 0 Å². The van der Waals surface area contributed by atoms with Gasteiger partial charge in [-0.05, 0) is 0 Å². The lowest BCUT2D eigenvalue weighted by Gasteiger charge is -2.38. The van der Waals surface area contributed by atoms with Gasteiger partial charge >= 0.3 is 0 Å². The van der Waals surface area contributed by atoms with Crippen LogP contribution in [0.2, 0.25) is 0 Å². The predicted octanol–water partition coefficient (Wildman–Crippen LogP) is 0.0945. The summed E-state index contributed by atoms with van der Waals surface area (Å²) in [6.07, 6.45) is -2.52. The first-order valence-electron chi connectivity index (χ1n) is 6.58. The van der Waals surface area contributed by atoms with Crippen molar-refractivity contribution in [2.75, 3.05) is 33.3 Å². The molecule has 3 saturated heterocycles. The van der Waals surface area contributed by atoms with Crippen LogP contribution in [0, 0.1) is 0 Å². The molecule has 3 aliphatic rings. The molecule has 3 rings (SSSR count). The van der Waals surface area contributed by atoms with Gasteiger partial charge in [-0.2, -0.15) is 0 Å². The Hall–Kier alpha value is 0.01000. The minimum absolute atomic E-state index is 0.269. The van der Waals surface area contributed by atoms with Gasteiger partial charge in [-0.25, -0.2) is 0 Å². The molecular weight excluding hydrogens is 292 g/mol. The average molecular weight is 311 g/mol. The fourth-order valence-electron chi connectivity index (χ4n) is 2.75. The maximum absolute atomic E-state index is 5.94. The Labute approximate surface area is 122 Å². The molecule has 0 saturated carbocycles.